The first-order valence-corrected chi connectivity index (χ1v) is 7.50. The first-order valence-electron chi connectivity index (χ1n) is 6.71. The van der Waals surface area contributed by atoms with Gasteiger partial charge in [-0.3, -0.25) is 0 Å². The van der Waals surface area contributed by atoms with Crippen molar-refractivity contribution in [1.29, 1.82) is 0 Å². The summed E-state index contributed by atoms with van der Waals surface area (Å²) in [5, 5.41) is 3.30. The molecule has 0 aromatic heterocycles. The number of likely N-dealkylation sites (N-methyl/N-ethyl adjacent to an activating group) is 1. The van der Waals surface area contributed by atoms with E-state index in [2.05, 4.69) is 35.1 Å². The van der Waals surface area contributed by atoms with Crippen LogP contribution in [0.5, 0.6) is 0 Å². The molecule has 108 valence electrons. The van der Waals surface area contributed by atoms with Gasteiger partial charge in [-0.2, -0.15) is 0 Å². The Labute approximate surface area is 123 Å². The van der Waals surface area contributed by atoms with Gasteiger partial charge in [-0.05, 0) is 57.5 Å². The lowest BCUT2D eigenvalue weighted by atomic mass is 9.88. The maximum absolute atomic E-state index is 13.4. The molecule has 0 fully saturated rings. The van der Waals surface area contributed by atoms with E-state index in [1.54, 1.807) is 6.07 Å². The predicted molar refractivity (Wildman–Crippen MR) is 81.0 cm³/mol. The van der Waals surface area contributed by atoms with Crippen molar-refractivity contribution in [1.82, 2.24) is 5.32 Å². The molecule has 1 N–H and O–H groups in total. The maximum atomic E-state index is 13.4. The van der Waals surface area contributed by atoms with E-state index in [4.69, 9.17) is 4.74 Å². The largest absolute Gasteiger partial charge is 0.374 e. The normalized spacial score (nSPS) is 16.1. The maximum Gasteiger partial charge on any atom is 0.124 e. The lowest BCUT2D eigenvalue weighted by Crippen LogP contribution is -2.50. The lowest BCUT2D eigenvalue weighted by molar-refractivity contribution is -0.0534. The Morgan fingerprint density at radius 2 is 2.05 bits per heavy atom. The van der Waals surface area contributed by atoms with Crippen molar-refractivity contribution in [3.63, 3.8) is 0 Å². The first-order chi connectivity index (χ1) is 8.95. The molecular formula is C15H23BrFNO. The Kier molecular flexibility index (Phi) is 6.43. The van der Waals surface area contributed by atoms with E-state index in [0.717, 1.165) is 22.9 Å². The quantitative estimate of drug-likeness (QED) is 0.817. The van der Waals surface area contributed by atoms with Crippen LogP contribution in [-0.4, -0.2) is 25.3 Å². The Balaban J connectivity index is 2.91. The number of hydrogen-bond acceptors (Lipinski definition) is 2. The Bertz CT molecular complexity index is 393. The summed E-state index contributed by atoms with van der Waals surface area (Å²) in [5.74, 6) is -0.214. The molecule has 1 aromatic carbocycles. The van der Waals surface area contributed by atoms with E-state index in [1.165, 1.54) is 6.07 Å². The van der Waals surface area contributed by atoms with Crippen molar-refractivity contribution in [3.05, 3.63) is 34.1 Å². The summed E-state index contributed by atoms with van der Waals surface area (Å²) < 4.78 is 20.1. The van der Waals surface area contributed by atoms with Crippen molar-refractivity contribution < 1.29 is 9.13 Å². The summed E-state index contributed by atoms with van der Waals surface area (Å²) in [7, 11) is 1.92. The zero-order valence-electron chi connectivity index (χ0n) is 12.1. The molecule has 0 spiro atoms. The van der Waals surface area contributed by atoms with Crippen LogP contribution in [0.15, 0.2) is 22.7 Å². The zero-order chi connectivity index (χ0) is 14.5. The van der Waals surface area contributed by atoms with Crippen molar-refractivity contribution >= 4 is 15.9 Å². The van der Waals surface area contributed by atoms with Crippen molar-refractivity contribution in [2.24, 2.45) is 0 Å². The number of rotatable bonds is 7. The predicted octanol–water partition coefficient (Wildman–Crippen LogP) is 3.92. The fraction of sp³-hybridized carbons (Fsp3) is 0.600. The van der Waals surface area contributed by atoms with Gasteiger partial charge in [-0.15, -0.1) is 0 Å². The monoisotopic (exact) mass is 331 g/mol. The third kappa shape index (κ3) is 4.55. The highest BCUT2D eigenvalue weighted by Crippen LogP contribution is 2.24. The Morgan fingerprint density at radius 3 is 2.53 bits per heavy atom. The lowest BCUT2D eigenvalue weighted by Gasteiger charge is -2.37. The van der Waals surface area contributed by atoms with E-state index < -0.39 is 0 Å². The van der Waals surface area contributed by atoms with E-state index in [1.807, 2.05) is 20.0 Å². The first kappa shape index (κ1) is 16.6. The molecule has 0 aliphatic heterocycles. The van der Waals surface area contributed by atoms with E-state index >= 15 is 0 Å². The third-order valence-electron chi connectivity index (χ3n) is 3.62. The molecule has 0 heterocycles. The van der Waals surface area contributed by atoms with E-state index in [9.17, 15) is 4.39 Å². The van der Waals surface area contributed by atoms with Gasteiger partial charge in [0.15, 0.2) is 0 Å². The molecule has 19 heavy (non-hydrogen) atoms. The molecule has 4 heteroatoms. The minimum atomic E-state index is -0.248. The molecule has 0 aliphatic rings. The van der Waals surface area contributed by atoms with Gasteiger partial charge in [0.1, 0.15) is 5.82 Å². The van der Waals surface area contributed by atoms with Crippen LogP contribution in [0.4, 0.5) is 4.39 Å². The van der Waals surface area contributed by atoms with Crippen LogP contribution in [-0.2, 0) is 11.2 Å². The summed E-state index contributed by atoms with van der Waals surface area (Å²) >= 11 is 3.33. The van der Waals surface area contributed by atoms with Crippen LogP contribution in [0.2, 0.25) is 0 Å². The fourth-order valence-corrected chi connectivity index (χ4v) is 2.88. The Hall–Kier alpha value is -0.450. The molecule has 2 nitrogen and oxygen atoms in total. The second kappa shape index (κ2) is 7.36. The van der Waals surface area contributed by atoms with Gasteiger partial charge >= 0.3 is 0 Å². The highest BCUT2D eigenvalue weighted by atomic mass is 79.9. The molecule has 0 amide bonds. The van der Waals surface area contributed by atoms with Gasteiger partial charge in [0.25, 0.3) is 0 Å². The molecule has 0 aliphatic carbocycles. The van der Waals surface area contributed by atoms with Crippen LogP contribution >= 0.6 is 15.9 Å². The van der Waals surface area contributed by atoms with Crippen molar-refractivity contribution in [2.45, 2.75) is 45.3 Å². The SMILES string of the molecule is CCOC(C)(CC)C(Cc1cc(F)cc(Br)c1)NC. The zero-order valence-corrected chi connectivity index (χ0v) is 13.7. The van der Waals surface area contributed by atoms with Crippen LogP contribution in [0.1, 0.15) is 32.8 Å². The third-order valence-corrected chi connectivity index (χ3v) is 4.08. The second-order valence-corrected chi connectivity index (χ2v) is 5.84. The van der Waals surface area contributed by atoms with Crippen molar-refractivity contribution in [2.75, 3.05) is 13.7 Å². The average Bonchev–Trinajstić information content (AvgIpc) is 2.35. The summed E-state index contributed by atoms with van der Waals surface area (Å²) in [6.07, 6.45) is 1.64. The van der Waals surface area contributed by atoms with Crippen LogP contribution in [0, 0.1) is 5.82 Å². The van der Waals surface area contributed by atoms with Gasteiger partial charge < -0.3 is 10.1 Å². The number of halogens is 2. The van der Waals surface area contributed by atoms with Gasteiger partial charge in [0.2, 0.25) is 0 Å². The van der Waals surface area contributed by atoms with Crippen LogP contribution < -0.4 is 5.32 Å². The summed E-state index contributed by atoms with van der Waals surface area (Å²) in [5.41, 5.74) is 0.716. The number of ether oxygens (including phenoxy) is 1. The van der Waals surface area contributed by atoms with Crippen LogP contribution in [0.3, 0.4) is 0 Å². The van der Waals surface area contributed by atoms with Gasteiger partial charge in [0.05, 0.1) is 5.60 Å². The highest BCUT2D eigenvalue weighted by molar-refractivity contribution is 9.10. The summed E-state index contributed by atoms with van der Waals surface area (Å²) in [6.45, 7) is 6.89. The molecule has 0 radical (unpaired) electrons. The van der Waals surface area contributed by atoms with E-state index in [-0.39, 0.29) is 17.5 Å². The molecule has 0 saturated carbocycles. The topological polar surface area (TPSA) is 21.3 Å². The molecular weight excluding hydrogens is 309 g/mol. The number of benzene rings is 1. The molecule has 2 unspecified atom stereocenters. The molecule has 0 saturated heterocycles. The molecule has 2 atom stereocenters. The number of hydrogen-bond donors (Lipinski definition) is 1. The molecule has 0 bridgehead atoms. The average molecular weight is 332 g/mol. The van der Waals surface area contributed by atoms with Crippen molar-refractivity contribution in [3.8, 4) is 0 Å². The smallest absolute Gasteiger partial charge is 0.124 e. The molecule has 1 aromatic rings. The number of nitrogens with one attached hydrogen (secondary N) is 1. The standard InChI is InChI=1S/C15H23BrFNO/c1-5-15(3,19-6-2)14(18-4)9-11-7-12(16)10-13(17)8-11/h7-8,10,14,18H,5-6,9H2,1-4H3. The second-order valence-electron chi connectivity index (χ2n) is 4.92. The minimum absolute atomic E-state index is 0.145. The summed E-state index contributed by atoms with van der Waals surface area (Å²) in [4.78, 5) is 0. The Morgan fingerprint density at radius 1 is 1.37 bits per heavy atom. The molecule has 1 rings (SSSR count). The minimum Gasteiger partial charge on any atom is -0.374 e. The van der Waals surface area contributed by atoms with E-state index in [0.29, 0.717) is 6.61 Å². The van der Waals surface area contributed by atoms with Crippen LogP contribution in [0.25, 0.3) is 0 Å². The van der Waals surface area contributed by atoms with Gasteiger partial charge in [0, 0.05) is 17.1 Å². The van der Waals surface area contributed by atoms with Gasteiger partial charge in [-0.25, -0.2) is 4.39 Å². The summed E-state index contributed by atoms with van der Waals surface area (Å²) in [6, 6.07) is 5.15. The highest BCUT2D eigenvalue weighted by Gasteiger charge is 2.32. The van der Waals surface area contributed by atoms with Gasteiger partial charge in [-0.1, -0.05) is 22.9 Å². The fourth-order valence-electron chi connectivity index (χ4n) is 2.37.